The fourth-order valence-electron chi connectivity index (χ4n) is 3.29. The van der Waals surface area contributed by atoms with Gasteiger partial charge in [-0.3, -0.25) is 4.79 Å². The van der Waals surface area contributed by atoms with Crippen molar-refractivity contribution in [2.24, 2.45) is 0 Å². The fourth-order valence-corrected chi connectivity index (χ4v) is 3.29. The molecule has 1 atom stereocenters. The van der Waals surface area contributed by atoms with Crippen molar-refractivity contribution in [3.63, 3.8) is 0 Å². The third-order valence-corrected chi connectivity index (χ3v) is 4.99. The third-order valence-electron chi connectivity index (χ3n) is 4.99. The summed E-state index contributed by atoms with van der Waals surface area (Å²) in [6.45, 7) is 9.90. The SMILES string of the molecule is CC(Oc1ccccc1C(C)C)C(=O)NCc1ccc(N2CCOCC2)cc1. The van der Waals surface area contributed by atoms with E-state index in [2.05, 4.69) is 48.3 Å². The number of nitrogens with one attached hydrogen (secondary N) is 1. The van der Waals surface area contributed by atoms with Crippen molar-refractivity contribution in [1.29, 1.82) is 0 Å². The van der Waals surface area contributed by atoms with Crippen LogP contribution in [0.2, 0.25) is 0 Å². The Morgan fingerprint density at radius 3 is 2.43 bits per heavy atom. The van der Waals surface area contributed by atoms with Crippen molar-refractivity contribution in [2.75, 3.05) is 31.2 Å². The zero-order valence-electron chi connectivity index (χ0n) is 17.0. The number of benzene rings is 2. The largest absolute Gasteiger partial charge is 0.481 e. The lowest BCUT2D eigenvalue weighted by atomic mass is 10.0. The summed E-state index contributed by atoms with van der Waals surface area (Å²) in [4.78, 5) is 14.8. The Kier molecular flexibility index (Phi) is 6.93. The van der Waals surface area contributed by atoms with Crippen LogP contribution in [0.1, 0.15) is 37.8 Å². The van der Waals surface area contributed by atoms with Gasteiger partial charge in [0, 0.05) is 25.3 Å². The molecule has 1 unspecified atom stereocenters. The van der Waals surface area contributed by atoms with Crippen LogP contribution in [-0.4, -0.2) is 38.3 Å². The quantitative estimate of drug-likeness (QED) is 0.793. The zero-order chi connectivity index (χ0) is 19.9. The minimum Gasteiger partial charge on any atom is -0.481 e. The van der Waals surface area contributed by atoms with Gasteiger partial charge in [-0.2, -0.15) is 0 Å². The van der Waals surface area contributed by atoms with E-state index in [0.717, 1.165) is 43.2 Å². The molecule has 1 amide bonds. The zero-order valence-corrected chi connectivity index (χ0v) is 17.0. The summed E-state index contributed by atoms with van der Waals surface area (Å²) >= 11 is 0. The van der Waals surface area contributed by atoms with Gasteiger partial charge in [-0.05, 0) is 42.2 Å². The Morgan fingerprint density at radius 1 is 1.07 bits per heavy atom. The van der Waals surface area contributed by atoms with Crippen molar-refractivity contribution in [1.82, 2.24) is 5.32 Å². The molecule has 28 heavy (non-hydrogen) atoms. The minimum atomic E-state index is -0.549. The number of ether oxygens (including phenoxy) is 2. The van der Waals surface area contributed by atoms with Crippen molar-refractivity contribution in [3.8, 4) is 5.75 Å². The molecule has 5 nitrogen and oxygen atoms in total. The topological polar surface area (TPSA) is 50.8 Å². The first-order valence-electron chi connectivity index (χ1n) is 9.99. The maximum atomic E-state index is 12.5. The van der Waals surface area contributed by atoms with Crippen LogP contribution in [0.3, 0.4) is 0 Å². The highest BCUT2D eigenvalue weighted by Crippen LogP contribution is 2.26. The Labute approximate surface area is 167 Å². The smallest absolute Gasteiger partial charge is 0.261 e. The van der Waals surface area contributed by atoms with Gasteiger partial charge >= 0.3 is 0 Å². The van der Waals surface area contributed by atoms with E-state index < -0.39 is 6.10 Å². The molecular formula is C23H30N2O3. The van der Waals surface area contributed by atoms with Gasteiger partial charge in [0.15, 0.2) is 6.10 Å². The van der Waals surface area contributed by atoms with Crippen LogP contribution in [0.25, 0.3) is 0 Å². The van der Waals surface area contributed by atoms with E-state index in [1.807, 2.05) is 24.3 Å². The highest BCUT2D eigenvalue weighted by atomic mass is 16.5. The first-order chi connectivity index (χ1) is 13.5. The van der Waals surface area contributed by atoms with E-state index in [4.69, 9.17) is 9.47 Å². The molecule has 2 aromatic carbocycles. The first-order valence-corrected chi connectivity index (χ1v) is 9.99. The van der Waals surface area contributed by atoms with E-state index >= 15 is 0 Å². The number of hydrogen-bond donors (Lipinski definition) is 1. The highest BCUT2D eigenvalue weighted by Gasteiger charge is 2.17. The summed E-state index contributed by atoms with van der Waals surface area (Å²) in [6, 6.07) is 16.2. The Morgan fingerprint density at radius 2 is 1.75 bits per heavy atom. The number of nitrogens with zero attached hydrogens (tertiary/aromatic N) is 1. The number of hydrogen-bond acceptors (Lipinski definition) is 4. The van der Waals surface area contributed by atoms with E-state index in [9.17, 15) is 4.79 Å². The molecule has 1 aliphatic rings. The number of amides is 1. The maximum absolute atomic E-state index is 12.5. The van der Waals surface area contributed by atoms with Gasteiger partial charge in [0.05, 0.1) is 13.2 Å². The fraction of sp³-hybridized carbons (Fsp3) is 0.435. The molecule has 1 N–H and O–H groups in total. The molecule has 1 saturated heterocycles. The molecule has 1 heterocycles. The second-order valence-corrected chi connectivity index (χ2v) is 7.44. The molecule has 150 valence electrons. The van der Waals surface area contributed by atoms with E-state index in [1.165, 1.54) is 5.69 Å². The number of rotatable bonds is 7. The number of carbonyl (C=O) groups excluding carboxylic acids is 1. The second kappa shape index (κ2) is 9.60. The molecule has 0 spiro atoms. The maximum Gasteiger partial charge on any atom is 0.261 e. The van der Waals surface area contributed by atoms with Gasteiger partial charge in [0.25, 0.3) is 5.91 Å². The van der Waals surface area contributed by atoms with E-state index in [-0.39, 0.29) is 5.91 Å². The van der Waals surface area contributed by atoms with Crippen LogP contribution in [0, 0.1) is 0 Å². The molecule has 0 bridgehead atoms. The van der Waals surface area contributed by atoms with E-state index in [0.29, 0.717) is 12.5 Å². The number of anilines is 1. The first kappa shape index (κ1) is 20.2. The van der Waals surface area contributed by atoms with Crippen molar-refractivity contribution in [3.05, 3.63) is 59.7 Å². The van der Waals surface area contributed by atoms with Gasteiger partial charge < -0.3 is 19.7 Å². The minimum absolute atomic E-state index is 0.115. The van der Waals surface area contributed by atoms with Crippen LogP contribution in [0.4, 0.5) is 5.69 Å². The van der Waals surface area contributed by atoms with Crippen LogP contribution in [0.15, 0.2) is 48.5 Å². The van der Waals surface area contributed by atoms with Gasteiger partial charge in [0.1, 0.15) is 5.75 Å². The Bertz CT molecular complexity index is 768. The Balaban J connectivity index is 1.52. The lowest BCUT2D eigenvalue weighted by Gasteiger charge is -2.28. The lowest BCUT2D eigenvalue weighted by molar-refractivity contribution is -0.127. The number of morpholine rings is 1. The molecule has 1 fully saturated rings. The summed E-state index contributed by atoms with van der Waals surface area (Å²) in [7, 11) is 0. The van der Waals surface area contributed by atoms with Crippen LogP contribution in [0.5, 0.6) is 5.75 Å². The average Bonchev–Trinajstić information content (AvgIpc) is 2.73. The average molecular weight is 383 g/mol. The molecule has 1 aliphatic heterocycles. The van der Waals surface area contributed by atoms with E-state index in [1.54, 1.807) is 6.92 Å². The van der Waals surface area contributed by atoms with Crippen molar-refractivity contribution < 1.29 is 14.3 Å². The summed E-state index contributed by atoms with van der Waals surface area (Å²) < 4.78 is 11.3. The summed E-state index contributed by atoms with van der Waals surface area (Å²) in [5.41, 5.74) is 3.38. The van der Waals surface area contributed by atoms with Gasteiger partial charge in [-0.15, -0.1) is 0 Å². The highest BCUT2D eigenvalue weighted by molar-refractivity contribution is 5.80. The van der Waals surface area contributed by atoms with Gasteiger partial charge in [-0.1, -0.05) is 44.2 Å². The molecule has 3 rings (SSSR count). The summed E-state index contributed by atoms with van der Waals surface area (Å²) in [5, 5.41) is 2.97. The lowest BCUT2D eigenvalue weighted by Crippen LogP contribution is -2.36. The van der Waals surface area contributed by atoms with Crippen LogP contribution >= 0.6 is 0 Å². The second-order valence-electron chi connectivity index (χ2n) is 7.44. The standard InChI is InChI=1S/C23H30N2O3/c1-17(2)21-6-4-5-7-22(21)28-18(3)23(26)24-16-19-8-10-20(11-9-19)25-12-14-27-15-13-25/h4-11,17-18H,12-16H2,1-3H3,(H,24,26). The van der Waals surface area contributed by atoms with Crippen LogP contribution < -0.4 is 15.0 Å². The molecule has 2 aromatic rings. The molecule has 0 aromatic heterocycles. The summed E-state index contributed by atoms with van der Waals surface area (Å²) in [5.74, 6) is 1.00. The van der Waals surface area contributed by atoms with Crippen LogP contribution in [-0.2, 0) is 16.1 Å². The third kappa shape index (κ3) is 5.26. The molecule has 0 saturated carbocycles. The molecule has 0 aliphatic carbocycles. The normalized spacial score (nSPS) is 15.4. The summed E-state index contributed by atoms with van der Waals surface area (Å²) in [6.07, 6.45) is -0.549. The molecular weight excluding hydrogens is 352 g/mol. The Hall–Kier alpha value is -2.53. The number of para-hydroxylation sites is 1. The monoisotopic (exact) mass is 382 g/mol. The van der Waals surface area contributed by atoms with Crippen molar-refractivity contribution >= 4 is 11.6 Å². The van der Waals surface area contributed by atoms with Gasteiger partial charge in [0.2, 0.25) is 0 Å². The number of carbonyl (C=O) groups is 1. The predicted octanol–water partition coefficient (Wildman–Crippen LogP) is 3.73. The molecule has 0 radical (unpaired) electrons. The molecule has 5 heteroatoms. The van der Waals surface area contributed by atoms with Crippen molar-refractivity contribution in [2.45, 2.75) is 39.3 Å². The predicted molar refractivity (Wildman–Crippen MR) is 112 cm³/mol. The van der Waals surface area contributed by atoms with Gasteiger partial charge in [-0.25, -0.2) is 0 Å².